The van der Waals surface area contributed by atoms with Gasteiger partial charge in [0.25, 0.3) is 10.0 Å². The maximum absolute atomic E-state index is 13.1. The van der Waals surface area contributed by atoms with Gasteiger partial charge in [0.15, 0.2) is 5.11 Å². The van der Waals surface area contributed by atoms with Gasteiger partial charge in [-0.15, -0.1) is 0 Å². The first-order valence-electron chi connectivity index (χ1n) is 11.0. The first kappa shape index (κ1) is 23.8. The zero-order valence-corrected chi connectivity index (χ0v) is 20.8. The molecule has 1 aliphatic rings. The summed E-state index contributed by atoms with van der Waals surface area (Å²) < 4.78 is 34.0. The minimum absolute atomic E-state index is 0.145. The molecule has 178 valence electrons. The van der Waals surface area contributed by atoms with Gasteiger partial charge in [0, 0.05) is 24.5 Å². The lowest BCUT2D eigenvalue weighted by atomic mass is 10.2. The average Bonchev–Trinajstić information content (AvgIpc) is 3.34. The molecular formula is C25H28N4O3S2. The summed E-state index contributed by atoms with van der Waals surface area (Å²) in [7, 11) is -2.25. The molecule has 0 amide bonds. The SMILES string of the molecule is COc1ccc(NS(=O)(=O)c2ccc(N3CCCC3)c(NC(=S)Nc3cccc(C)c3)c2)cc1. The summed E-state index contributed by atoms with van der Waals surface area (Å²) in [5.41, 5.74) is 4.00. The molecule has 9 heteroatoms. The summed E-state index contributed by atoms with van der Waals surface area (Å²) in [5.74, 6) is 0.652. The number of ether oxygens (including phenoxy) is 1. The van der Waals surface area contributed by atoms with Crippen molar-refractivity contribution in [3.63, 3.8) is 0 Å². The van der Waals surface area contributed by atoms with Gasteiger partial charge < -0.3 is 20.3 Å². The number of benzene rings is 3. The lowest BCUT2D eigenvalue weighted by Gasteiger charge is -2.23. The highest BCUT2D eigenvalue weighted by Crippen LogP contribution is 2.32. The molecule has 0 bridgehead atoms. The van der Waals surface area contributed by atoms with Crippen molar-refractivity contribution in [3.05, 3.63) is 72.3 Å². The van der Waals surface area contributed by atoms with Gasteiger partial charge in [0.1, 0.15) is 5.75 Å². The molecule has 1 aliphatic heterocycles. The van der Waals surface area contributed by atoms with Crippen molar-refractivity contribution >= 4 is 50.1 Å². The number of hydrogen-bond donors (Lipinski definition) is 3. The fourth-order valence-electron chi connectivity index (χ4n) is 3.90. The Morgan fingerprint density at radius 2 is 1.68 bits per heavy atom. The van der Waals surface area contributed by atoms with Gasteiger partial charge in [-0.3, -0.25) is 4.72 Å². The van der Waals surface area contributed by atoms with E-state index in [9.17, 15) is 8.42 Å². The molecule has 34 heavy (non-hydrogen) atoms. The number of sulfonamides is 1. The van der Waals surface area contributed by atoms with Crippen LogP contribution in [0.3, 0.4) is 0 Å². The minimum Gasteiger partial charge on any atom is -0.497 e. The Bertz CT molecular complexity index is 1270. The minimum atomic E-state index is -3.81. The van der Waals surface area contributed by atoms with E-state index >= 15 is 0 Å². The third-order valence-corrected chi connectivity index (χ3v) is 7.17. The fraction of sp³-hybridized carbons (Fsp3) is 0.240. The highest BCUT2D eigenvalue weighted by molar-refractivity contribution is 7.92. The van der Waals surface area contributed by atoms with E-state index in [1.165, 1.54) is 0 Å². The van der Waals surface area contributed by atoms with Crippen molar-refractivity contribution in [2.75, 3.05) is 40.5 Å². The maximum atomic E-state index is 13.1. The summed E-state index contributed by atoms with van der Waals surface area (Å²) in [6.45, 7) is 3.85. The quantitative estimate of drug-likeness (QED) is 0.387. The van der Waals surface area contributed by atoms with Crippen molar-refractivity contribution in [2.24, 2.45) is 0 Å². The number of anilines is 4. The van der Waals surface area contributed by atoms with E-state index in [0.29, 0.717) is 22.2 Å². The molecule has 0 aliphatic carbocycles. The fourth-order valence-corrected chi connectivity index (χ4v) is 5.21. The first-order valence-corrected chi connectivity index (χ1v) is 12.9. The van der Waals surface area contributed by atoms with Crippen molar-refractivity contribution in [1.82, 2.24) is 0 Å². The van der Waals surface area contributed by atoms with Crippen molar-refractivity contribution in [1.29, 1.82) is 0 Å². The van der Waals surface area contributed by atoms with E-state index < -0.39 is 10.0 Å². The van der Waals surface area contributed by atoms with Crippen molar-refractivity contribution in [2.45, 2.75) is 24.7 Å². The molecular weight excluding hydrogens is 468 g/mol. The molecule has 3 aromatic carbocycles. The van der Waals surface area contributed by atoms with Crippen LogP contribution in [0.1, 0.15) is 18.4 Å². The number of rotatable bonds is 7. The molecule has 0 radical (unpaired) electrons. The summed E-state index contributed by atoms with van der Waals surface area (Å²) >= 11 is 5.54. The smallest absolute Gasteiger partial charge is 0.261 e. The van der Waals surface area contributed by atoms with Crippen LogP contribution in [0, 0.1) is 6.92 Å². The van der Waals surface area contributed by atoms with Gasteiger partial charge in [-0.25, -0.2) is 8.42 Å². The molecule has 3 aromatic rings. The largest absolute Gasteiger partial charge is 0.497 e. The van der Waals surface area contributed by atoms with E-state index in [4.69, 9.17) is 17.0 Å². The Morgan fingerprint density at radius 1 is 0.941 bits per heavy atom. The number of methoxy groups -OCH3 is 1. The third-order valence-electron chi connectivity index (χ3n) is 5.59. The summed E-state index contributed by atoms with van der Waals surface area (Å²) in [6, 6.07) is 19.7. The highest BCUT2D eigenvalue weighted by atomic mass is 32.2. The zero-order valence-electron chi connectivity index (χ0n) is 19.2. The molecule has 0 atom stereocenters. The van der Waals surface area contributed by atoms with Crippen molar-refractivity contribution in [3.8, 4) is 5.75 Å². The van der Waals surface area contributed by atoms with Gasteiger partial charge in [-0.1, -0.05) is 12.1 Å². The molecule has 1 fully saturated rings. The van der Waals surface area contributed by atoms with Crippen LogP contribution in [0.2, 0.25) is 0 Å². The molecule has 0 spiro atoms. The molecule has 3 N–H and O–H groups in total. The Kier molecular flexibility index (Phi) is 7.23. The van der Waals surface area contributed by atoms with Crippen LogP contribution in [0.4, 0.5) is 22.7 Å². The monoisotopic (exact) mass is 496 g/mol. The van der Waals surface area contributed by atoms with Crippen LogP contribution < -0.4 is 25.0 Å². The van der Waals surface area contributed by atoms with E-state index in [2.05, 4.69) is 20.3 Å². The van der Waals surface area contributed by atoms with E-state index in [0.717, 1.165) is 42.9 Å². The first-order chi connectivity index (χ1) is 16.3. The molecule has 0 aromatic heterocycles. The average molecular weight is 497 g/mol. The summed E-state index contributed by atoms with van der Waals surface area (Å²) in [5, 5.41) is 6.79. The van der Waals surface area contributed by atoms with Gasteiger partial charge >= 0.3 is 0 Å². The number of aryl methyl sites for hydroxylation is 1. The Labute approximate surface area is 206 Å². The molecule has 7 nitrogen and oxygen atoms in total. The lowest BCUT2D eigenvalue weighted by molar-refractivity contribution is 0.415. The highest BCUT2D eigenvalue weighted by Gasteiger charge is 2.21. The second kappa shape index (κ2) is 10.3. The maximum Gasteiger partial charge on any atom is 0.261 e. The number of thiocarbonyl (C=S) groups is 1. The van der Waals surface area contributed by atoms with Gasteiger partial charge in [-0.05, 0) is 92.1 Å². The Hall–Kier alpha value is -3.30. The topological polar surface area (TPSA) is 82.7 Å². The second-order valence-corrected chi connectivity index (χ2v) is 10.2. The summed E-state index contributed by atoms with van der Waals surface area (Å²) in [4.78, 5) is 2.39. The van der Waals surface area contributed by atoms with Crippen molar-refractivity contribution < 1.29 is 13.2 Å². The van der Waals surface area contributed by atoms with Crippen LogP contribution in [0.5, 0.6) is 5.75 Å². The van der Waals surface area contributed by atoms with Gasteiger partial charge in [-0.2, -0.15) is 0 Å². The van der Waals surface area contributed by atoms with E-state index in [-0.39, 0.29) is 4.90 Å². The number of nitrogens with one attached hydrogen (secondary N) is 3. The number of nitrogens with zero attached hydrogens (tertiary/aromatic N) is 1. The molecule has 0 saturated carbocycles. The van der Waals surface area contributed by atoms with Crippen LogP contribution >= 0.6 is 12.2 Å². The standard InChI is InChI=1S/C25H28N4O3S2/c1-18-6-5-7-20(16-18)26-25(33)27-23-17-22(12-13-24(23)29-14-3-4-15-29)34(30,31)28-19-8-10-21(32-2)11-9-19/h5-13,16-17,28H,3-4,14-15H2,1-2H3,(H2,26,27,33). The molecule has 4 rings (SSSR count). The Balaban J connectivity index is 1.60. The Morgan fingerprint density at radius 3 is 2.35 bits per heavy atom. The normalized spacial score (nSPS) is 13.4. The van der Waals surface area contributed by atoms with Crippen LogP contribution in [0.15, 0.2) is 71.6 Å². The predicted octanol–water partition coefficient (Wildman–Crippen LogP) is 5.21. The second-order valence-electron chi connectivity index (χ2n) is 8.16. The van der Waals surface area contributed by atoms with Gasteiger partial charge in [0.05, 0.1) is 23.4 Å². The lowest BCUT2D eigenvalue weighted by Crippen LogP contribution is -2.24. The zero-order chi connectivity index (χ0) is 24.1. The third kappa shape index (κ3) is 5.78. The van der Waals surface area contributed by atoms with Crippen LogP contribution in [-0.2, 0) is 10.0 Å². The van der Waals surface area contributed by atoms with Crippen LogP contribution in [0.25, 0.3) is 0 Å². The van der Waals surface area contributed by atoms with E-state index in [1.807, 2.05) is 37.3 Å². The van der Waals surface area contributed by atoms with Crippen LogP contribution in [-0.4, -0.2) is 33.7 Å². The molecule has 0 unspecified atom stereocenters. The molecule has 1 saturated heterocycles. The van der Waals surface area contributed by atoms with Gasteiger partial charge in [0.2, 0.25) is 0 Å². The molecule has 1 heterocycles. The number of hydrogen-bond acceptors (Lipinski definition) is 5. The van der Waals surface area contributed by atoms with E-state index in [1.54, 1.807) is 43.5 Å². The predicted molar refractivity (Wildman–Crippen MR) is 143 cm³/mol. The summed E-state index contributed by atoms with van der Waals surface area (Å²) in [6.07, 6.45) is 2.20.